The van der Waals surface area contributed by atoms with E-state index in [4.69, 9.17) is 0 Å². The molecule has 1 fully saturated rings. The van der Waals surface area contributed by atoms with E-state index >= 15 is 0 Å². The van der Waals surface area contributed by atoms with Crippen LogP contribution in [0.3, 0.4) is 0 Å². The Bertz CT molecular complexity index is 399. The lowest BCUT2D eigenvalue weighted by atomic mass is 9.97. The summed E-state index contributed by atoms with van der Waals surface area (Å²) in [7, 11) is 1.88. The first-order valence-corrected chi connectivity index (χ1v) is 7.35. The fourth-order valence-corrected chi connectivity index (χ4v) is 2.70. The quantitative estimate of drug-likeness (QED) is 0.487. The van der Waals surface area contributed by atoms with Crippen molar-refractivity contribution in [1.29, 1.82) is 0 Å². The first-order valence-electron chi connectivity index (χ1n) is 7.35. The Labute approximate surface area is 139 Å². The number of nitrogens with one attached hydrogen (secondary N) is 1. The number of guanidine groups is 1. The Balaban J connectivity index is 0.00000200. The van der Waals surface area contributed by atoms with E-state index in [0.717, 1.165) is 32.0 Å². The number of benzene rings is 1. The molecule has 4 heteroatoms. The Morgan fingerprint density at radius 1 is 1.25 bits per heavy atom. The van der Waals surface area contributed by atoms with Gasteiger partial charge in [0.15, 0.2) is 5.96 Å². The van der Waals surface area contributed by atoms with Crippen LogP contribution in [0.4, 0.5) is 0 Å². The lowest BCUT2D eigenvalue weighted by Crippen LogP contribution is -2.41. The standard InChI is InChI=1S/C16H25N3.HI/c1-3-14(15-9-5-4-6-10-15)13-18-16(17-2)19-11-7-8-12-19;/h4-6,9-10,14H,3,7-8,11-13H2,1-2H3,(H,17,18);1H. The van der Waals surface area contributed by atoms with Gasteiger partial charge in [0.25, 0.3) is 0 Å². The van der Waals surface area contributed by atoms with Gasteiger partial charge >= 0.3 is 0 Å². The fraction of sp³-hybridized carbons (Fsp3) is 0.562. The van der Waals surface area contributed by atoms with Gasteiger partial charge in [0.1, 0.15) is 0 Å². The van der Waals surface area contributed by atoms with Gasteiger partial charge in [-0.15, -0.1) is 24.0 Å². The fourth-order valence-electron chi connectivity index (χ4n) is 2.70. The zero-order chi connectivity index (χ0) is 13.5. The first kappa shape index (κ1) is 17.3. The van der Waals surface area contributed by atoms with Crippen molar-refractivity contribution in [3.63, 3.8) is 0 Å². The van der Waals surface area contributed by atoms with Crippen LogP contribution in [-0.4, -0.2) is 37.5 Å². The molecule has 1 saturated heterocycles. The third kappa shape index (κ3) is 4.65. The summed E-state index contributed by atoms with van der Waals surface area (Å²) >= 11 is 0. The van der Waals surface area contributed by atoms with E-state index in [1.807, 2.05) is 7.05 Å². The molecule has 1 aliphatic heterocycles. The predicted molar refractivity (Wildman–Crippen MR) is 97.1 cm³/mol. The van der Waals surface area contributed by atoms with Crippen molar-refractivity contribution in [3.8, 4) is 0 Å². The molecule has 0 bridgehead atoms. The van der Waals surface area contributed by atoms with Gasteiger partial charge in [0.05, 0.1) is 0 Å². The van der Waals surface area contributed by atoms with Gasteiger partial charge in [-0.3, -0.25) is 4.99 Å². The van der Waals surface area contributed by atoms with Crippen molar-refractivity contribution in [2.45, 2.75) is 32.1 Å². The Hall–Kier alpha value is -0.780. The number of nitrogens with zero attached hydrogens (tertiary/aromatic N) is 2. The Morgan fingerprint density at radius 3 is 2.45 bits per heavy atom. The highest BCUT2D eigenvalue weighted by Gasteiger charge is 2.17. The van der Waals surface area contributed by atoms with Crippen molar-refractivity contribution < 1.29 is 0 Å². The molecule has 0 aromatic heterocycles. The largest absolute Gasteiger partial charge is 0.356 e. The van der Waals surface area contributed by atoms with E-state index in [2.05, 4.69) is 52.5 Å². The molecule has 0 spiro atoms. The summed E-state index contributed by atoms with van der Waals surface area (Å²) in [5, 5.41) is 3.54. The maximum absolute atomic E-state index is 4.40. The molecule has 1 aliphatic rings. The summed E-state index contributed by atoms with van der Waals surface area (Å²) in [6.07, 6.45) is 3.72. The predicted octanol–water partition coefficient (Wildman–Crippen LogP) is 3.47. The van der Waals surface area contributed by atoms with E-state index in [0.29, 0.717) is 5.92 Å². The summed E-state index contributed by atoms with van der Waals surface area (Å²) in [5.74, 6) is 1.62. The van der Waals surface area contributed by atoms with E-state index in [1.165, 1.54) is 18.4 Å². The third-order valence-electron chi connectivity index (χ3n) is 3.89. The first-order chi connectivity index (χ1) is 9.35. The summed E-state index contributed by atoms with van der Waals surface area (Å²) in [6, 6.07) is 10.7. The van der Waals surface area contributed by atoms with Crippen molar-refractivity contribution in [3.05, 3.63) is 35.9 Å². The van der Waals surface area contributed by atoms with Gasteiger partial charge in [-0.25, -0.2) is 0 Å². The zero-order valence-corrected chi connectivity index (χ0v) is 14.8. The van der Waals surface area contributed by atoms with Crippen LogP contribution >= 0.6 is 24.0 Å². The highest BCUT2D eigenvalue weighted by molar-refractivity contribution is 14.0. The second kappa shape index (κ2) is 9.21. The van der Waals surface area contributed by atoms with Crippen LogP contribution < -0.4 is 5.32 Å². The molecule has 20 heavy (non-hydrogen) atoms. The molecule has 0 amide bonds. The van der Waals surface area contributed by atoms with E-state index in [1.54, 1.807) is 0 Å². The van der Waals surface area contributed by atoms with E-state index in [9.17, 15) is 0 Å². The SMILES string of the molecule is CCC(CNC(=NC)N1CCCC1)c1ccccc1.I. The molecule has 1 heterocycles. The van der Waals surface area contributed by atoms with Crippen LogP contribution in [0.5, 0.6) is 0 Å². The van der Waals surface area contributed by atoms with Gasteiger partial charge in [-0.05, 0) is 24.8 Å². The van der Waals surface area contributed by atoms with Crippen molar-refractivity contribution in [2.75, 3.05) is 26.7 Å². The number of aliphatic imine (C=N–C) groups is 1. The van der Waals surface area contributed by atoms with Gasteiger partial charge in [-0.2, -0.15) is 0 Å². The second-order valence-corrected chi connectivity index (χ2v) is 5.14. The molecule has 1 N–H and O–H groups in total. The van der Waals surface area contributed by atoms with E-state index in [-0.39, 0.29) is 24.0 Å². The lowest BCUT2D eigenvalue weighted by molar-refractivity contribution is 0.486. The monoisotopic (exact) mass is 387 g/mol. The van der Waals surface area contributed by atoms with Crippen LogP contribution in [0.25, 0.3) is 0 Å². The minimum atomic E-state index is 0. The molecule has 0 saturated carbocycles. The molecular weight excluding hydrogens is 361 g/mol. The molecular formula is C16H26IN3. The molecule has 1 aromatic carbocycles. The average Bonchev–Trinajstić information content (AvgIpc) is 2.99. The molecule has 1 atom stereocenters. The molecule has 0 radical (unpaired) electrons. The molecule has 0 aliphatic carbocycles. The van der Waals surface area contributed by atoms with E-state index < -0.39 is 0 Å². The van der Waals surface area contributed by atoms with Crippen LogP contribution in [0.15, 0.2) is 35.3 Å². The van der Waals surface area contributed by atoms with Crippen LogP contribution in [-0.2, 0) is 0 Å². The second-order valence-electron chi connectivity index (χ2n) is 5.14. The van der Waals surface area contributed by atoms with Gasteiger partial charge in [0.2, 0.25) is 0 Å². The summed E-state index contributed by atoms with van der Waals surface area (Å²) in [6.45, 7) is 5.49. The number of rotatable bonds is 4. The van der Waals surface area contributed by atoms with Crippen molar-refractivity contribution in [1.82, 2.24) is 10.2 Å². The van der Waals surface area contributed by atoms with Crippen molar-refractivity contribution >= 4 is 29.9 Å². The molecule has 1 aromatic rings. The maximum atomic E-state index is 4.40. The molecule has 112 valence electrons. The zero-order valence-electron chi connectivity index (χ0n) is 12.5. The Morgan fingerprint density at radius 2 is 1.90 bits per heavy atom. The summed E-state index contributed by atoms with van der Waals surface area (Å²) in [5.41, 5.74) is 1.41. The normalized spacial score (nSPS) is 16.7. The minimum absolute atomic E-state index is 0. The van der Waals surface area contributed by atoms with Gasteiger partial charge in [-0.1, -0.05) is 37.3 Å². The lowest BCUT2D eigenvalue weighted by Gasteiger charge is -2.23. The third-order valence-corrected chi connectivity index (χ3v) is 3.89. The average molecular weight is 387 g/mol. The topological polar surface area (TPSA) is 27.6 Å². The highest BCUT2D eigenvalue weighted by Crippen LogP contribution is 2.18. The van der Waals surface area contributed by atoms with Crippen LogP contribution in [0, 0.1) is 0 Å². The summed E-state index contributed by atoms with van der Waals surface area (Å²) < 4.78 is 0. The highest BCUT2D eigenvalue weighted by atomic mass is 127. The van der Waals surface area contributed by atoms with Crippen LogP contribution in [0.1, 0.15) is 37.7 Å². The number of hydrogen-bond donors (Lipinski definition) is 1. The maximum Gasteiger partial charge on any atom is 0.193 e. The van der Waals surface area contributed by atoms with Gasteiger partial charge < -0.3 is 10.2 Å². The van der Waals surface area contributed by atoms with Crippen LogP contribution in [0.2, 0.25) is 0 Å². The van der Waals surface area contributed by atoms with Crippen molar-refractivity contribution in [2.24, 2.45) is 4.99 Å². The molecule has 2 rings (SSSR count). The smallest absolute Gasteiger partial charge is 0.193 e. The summed E-state index contributed by atoms with van der Waals surface area (Å²) in [4.78, 5) is 6.76. The number of halogens is 1. The molecule has 3 nitrogen and oxygen atoms in total. The van der Waals surface area contributed by atoms with Gasteiger partial charge in [0, 0.05) is 32.6 Å². The molecule has 1 unspecified atom stereocenters. The number of likely N-dealkylation sites (tertiary alicyclic amines) is 1. The minimum Gasteiger partial charge on any atom is -0.356 e. The Kier molecular flexibility index (Phi) is 7.95. The number of hydrogen-bond acceptors (Lipinski definition) is 1.